The average molecular weight is 239 g/mol. The first kappa shape index (κ1) is 14.2. The number of rotatable bonds is 7. The smallest absolute Gasteiger partial charge is 0.0694 e. The van der Waals surface area contributed by atoms with Crippen molar-refractivity contribution in [2.75, 3.05) is 6.54 Å². The predicted octanol–water partition coefficient (Wildman–Crippen LogP) is 1.79. The first-order valence-electron chi connectivity index (χ1n) is 6.45. The fourth-order valence-electron chi connectivity index (χ4n) is 1.99. The summed E-state index contributed by atoms with van der Waals surface area (Å²) in [5, 5.41) is 17.4. The van der Waals surface area contributed by atoms with Crippen molar-refractivity contribution in [3.8, 4) is 0 Å². The minimum atomic E-state index is -0.237. The van der Waals surface area contributed by atoms with E-state index in [0.29, 0.717) is 12.5 Å². The van der Waals surface area contributed by atoms with Gasteiger partial charge in [-0.2, -0.15) is 5.10 Å². The Morgan fingerprint density at radius 3 is 2.76 bits per heavy atom. The number of hydrogen-bond donors (Lipinski definition) is 2. The van der Waals surface area contributed by atoms with Gasteiger partial charge in [0, 0.05) is 31.9 Å². The molecule has 0 saturated carbocycles. The molecule has 17 heavy (non-hydrogen) atoms. The molecule has 4 nitrogen and oxygen atoms in total. The Bertz CT molecular complexity index is 333. The monoisotopic (exact) mass is 239 g/mol. The fraction of sp³-hybridized carbons (Fsp3) is 0.769. The number of aromatic nitrogens is 2. The van der Waals surface area contributed by atoms with Crippen molar-refractivity contribution >= 4 is 0 Å². The summed E-state index contributed by atoms with van der Waals surface area (Å²) in [4.78, 5) is 0. The zero-order valence-electron chi connectivity index (χ0n) is 11.4. The molecule has 0 aliphatic heterocycles. The van der Waals surface area contributed by atoms with Crippen LogP contribution in [0.1, 0.15) is 50.8 Å². The summed E-state index contributed by atoms with van der Waals surface area (Å²) in [7, 11) is 1.95. The van der Waals surface area contributed by atoms with E-state index < -0.39 is 0 Å². The van der Waals surface area contributed by atoms with Crippen LogP contribution in [0.3, 0.4) is 0 Å². The van der Waals surface area contributed by atoms with Crippen LogP contribution in [-0.2, 0) is 13.6 Å². The molecule has 0 spiro atoms. The molecule has 0 fully saturated rings. The summed E-state index contributed by atoms with van der Waals surface area (Å²) in [6, 6.07) is 0. The van der Waals surface area contributed by atoms with Crippen molar-refractivity contribution in [2.45, 2.75) is 52.2 Å². The van der Waals surface area contributed by atoms with Gasteiger partial charge in [-0.05, 0) is 12.3 Å². The van der Waals surface area contributed by atoms with Gasteiger partial charge in [0.1, 0.15) is 0 Å². The maximum atomic E-state index is 9.63. The van der Waals surface area contributed by atoms with Gasteiger partial charge in [-0.15, -0.1) is 0 Å². The lowest BCUT2D eigenvalue weighted by molar-refractivity contribution is 0.160. The minimum absolute atomic E-state index is 0.237. The highest BCUT2D eigenvalue weighted by Gasteiger charge is 2.11. The fourth-order valence-corrected chi connectivity index (χ4v) is 1.99. The molecule has 1 atom stereocenters. The summed E-state index contributed by atoms with van der Waals surface area (Å²) in [5.74, 6) is 0.438. The van der Waals surface area contributed by atoms with Gasteiger partial charge in [-0.1, -0.05) is 27.2 Å². The Morgan fingerprint density at radius 1 is 1.47 bits per heavy atom. The molecule has 0 saturated heterocycles. The number of nitrogens with one attached hydrogen (secondary N) is 1. The van der Waals surface area contributed by atoms with Crippen molar-refractivity contribution in [3.63, 3.8) is 0 Å². The van der Waals surface area contributed by atoms with E-state index in [1.807, 2.05) is 11.7 Å². The van der Waals surface area contributed by atoms with Crippen LogP contribution < -0.4 is 5.32 Å². The summed E-state index contributed by atoms with van der Waals surface area (Å²) in [6.45, 7) is 7.82. The standard InChI is InChI=1S/C13H25N3O/c1-5-6-12(17)8-14-7-11-9-16(4)15-13(11)10(2)3/h9-10,12,14,17H,5-8H2,1-4H3. The highest BCUT2D eigenvalue weighted by Crippen LogP contribution is 2.16. The maximum absolute atomic E-state index is 9.63. The third-order valence-corrected chi connectivity index (χ3v) is 2.80. The molecule has 1 aromatic heterocycles. The van der Waals surface area contributed by atoms with Crippen LogP contribution in [0.4, 0.5) is 0 Å². The number of aliphatic hydroxyl groups excluding tert-OH is 1. The number of aryl methyl sites for hydroxylation is 1. The molecule has 2 N–H and O–H groups in total. The summed E-state index contributed by atoms with van der Waals surface area (Å²) >= 11 is 0. The zero-order chi connectivity index (χ0) is 12.8. The summed E-state index contributed by atoms with van der Waals surface area (Å²) in [6.07, 6.45) is 3.69. The van der Waals surface area contributed by atoms with E-state index in [1.54, 1.807) is 0 Å². The molecule has 0 aromatic carbocycles. The maximum Gasteiger partial charge on any atom is 0.0694 e. The van der Waals surface area contributed by atoms with Gasteiger partial charge in [-0.25, -0.2) is 0 Å². The zero-order valence-corrected chi connectivity index (χ0v) is 11.4. The first-order valence-corrected chi connectivity index (χ1v) is 6.45. The molecule has 1 heterocycles. The van der Waals surface area contributed by atoms with Crippen LogP contribution in [-0.4, -0.2) is 27.5 Å². The number of aliphatic hydroxyl groups is 1. The second kappa shape index (κ2) is 6.77. The quantitative estimate of drug-likeness (QED) is 0.763. The highest BCUT2D eigenvalue weighted by molar-refractivity contribution is 5.19. The molecule has 4 heteroatoms. The van der Waals surface area contributed by atoms with Gasteiger partial charge >= 0.3 is 0 Å². The van der Waals surface area contributed by atoms with Gasteiger partial charge in [0.15, 0.2) is 0 Å². The molecule has 0 bridgehead atoms. The molecule has 1 rings (SSSR count). The van der Waals surface area contributed by atoms with E-state index >= 15 is 0 Å². The highest BCUT2D eigenvalue weighted by atomic mass is 16.3. The lowest BCUT2D eigenvalue weighted by Crippen LogP contribution is -2.26. The third-order valence-electron chi connectivity index (χ3n) is 2.80. The molecule has 1 unspecified atom stereocenters. The van der Waals surface area contributed by atoms with E-state index in [1.165, 1.54) is 5.56 Å². The van der Waals surface area contributed by atoms with Crippen molar-refractivity contribution < 1.29 is 5.11 Å². The number of hydrogen-bond acceptors (Lipinski definition) is 3. The topological polar surface area (TPSA) is 50.1 Å². The predicted molar refractivity (Wildman–Crippen MR) is 69.9 cm³/mol. The van der Waals surface area contributed by atoms with Crippen LogP contribution in [0.25, 0.3) is 0 Å². The Kier molecular flexibility index (Phi) is 5.65. The van der Waals surface area contributed by atoms with Crippen molar-refractivity contribution in [1.29, 1.82) is 0 Å². The SMILES string of the molecule is CCCC(O)CNCc1cn(C)nc1C(C)C. The third kappa shape index (κ3) is 4.48. The van der Waals surface area contributed by atoms with Crippen molar-refractivity contribution in [3.05, 3.63) is 17.5 Å². The largest absolute Gasteiger partial charge is 0.392 e. The van der Waals surface area contributed by atoms with Crippen LogP contribution >= 0.6 is 0 Å². The molecule has 0 aliphatic rings. The van der Waals surface area contributed by atoms with Crippen LogP contribution in [0.15, 0.2) is 6.20 Å². The molecular formula is C13H25N3O. The van der Waals surface area contributed by atoms with E-state index in [0.717, 1.165) is 25.1 Å². The molecule has 0 amide bonds. The van der Waals surface area contributed by atoms with Gasteiger partial charge < -0.3 is 10.4 Å². The van der Waals surface area contributed by atoms with Gasteiger partial charge in [0.2, 0.25) is 0 Å². The minimum Gasteiger partial charge on any atom is -0.392 e. The van der Waals surface area contributed by atoms with Crippen LogP contribution in [0, 0.1) is 0 Å². The van der Waals surface area contributed by atoms with Crippen LogP contribution in [0.2, 0.25) is 0 Å². The molecule has 1 aromatic rings. The lowest BCUT2D eigenvalue weighted by atomic mass is 10.1. The normalized spacial score (nSPS) is 13.3. The van der Waals surface area contributed by atoms with Crippen molar-refractivity contribution in [1.82, 2.24) is 15.1 Å². The molecule has 98 valence electrons. The second-order valence-corrected chi connectivity index (χ2v) is 4.94. The molecule has 0 radical (unpaired) electrons. The van der Waals surface area contributed by atoms with E-state index in [9.17, 15) is 5.11 Å². The van der Waals surface area contributed by atoms with Gasteiger partial charge in [-0.3, -0.25) is 4.68 Å². The Labute approximate surface area is 104 Å². The van der Waals surface area contributed by atoms with Crippen molar-refractivity contribution in [2.24, 2.45) is 7.05 Å². The van der Waals surface area contributed by atoms with E-state index in [-0.39, 0.29) is 6.10 Å². The molecule has 0 aliphatic carbocycles. The summed E-state index contributed by atoms with van der Waals surface area (Å²) in [5.41, 5.74) is 2.37. The summed E-state index contributed by atoms with van der Waals surface area (Å²) < 4.78 is 1.86. The lowest BCUT2D eigenvalue weighted by Gasteiger charge is -2.11. The van der Waals surface area contributed by atoms with E-state index in [2.05, 4.69) is 37.4 Å². The Balaban J connectivity index is 2.46. The van der Waals surface area contributed by atoms with Gasteiger partial charge in [0.25, 0.3) is 0 Å². The number of nitrogens with zero attached hydrogens (tertiary/aromatic N) is 2. The Hall–Kier alpha value is -0.870. The Morgan fingerprint density at radius 2 is 2.18 bits per heavy atom. The first-order chi connectivity index (χ1) is 8.04. The van der Waals surface area contributed by atoms with E-state index in [4.69, 9.17) is 0 Å². The molecular weight excluding hydrogens is 214 g/mol. The van der Waals surface area contributed by atoms with Gasteiger partial charge in [0.05, 0.1) is 11.8 Å². The average Bonchev–Trinajstić information content (AvgIpc) is 2.60. The second-order valence-electron chi connectivity index (χ2n) is 4.94. The van der Waals surface area contributed by atoms with Crippen LogP contribution in [0.5, 0.6) is 0 Å².